The van der Waals surface area contributed by atoms with E-state index in [0.717, 1.165) is 37.1 Å². The molecule has 3 aromatic carbocycles. The Morgan fingerprint density at radius 2 is 1.69 bits per heavy atom. The summed E-state index contributed by atoms with van der Waals surface area (Å²) in [6.45, 7) is 11.1. The monoisotopic (exact) mass is 472 g/mol. The molecule has 0 unspecified atom stereocenters. The molecule has 0 saturated carbocycles. The van der Waals surface area contributed by atoms with Crippen molar-refractivity contribution in [2.45, 2.75) is 66.0 Å². The second-order valence-corrected chi connectivity index (χ2v) is 10.1. The van der Waals surface area contributed by atoms with Gasteiger partial charge >= 0.3 is 5.97 Å². The van der Waals surface area contributed by atoms with E-state index < -0.39 is 5.60 Å². The van der Waals surface area contributed by atoms with Crippen molar-refractivity contribution >= 4 is 27.8 Å². The van der Waals surface area contributed by atoms with Gasteiger partial charge in [0.2, 0.25) is 0 Å². The summed E-state index contributed by atoms with van der Waals surface area (Å²) >= 11 is 0. The number of carbonyl (C=O) groups excluding carboxylic acids is 1. The van der Waals surface area contributed by atoms with Gasteiger partial charge in [0.15, 0.2) is 5.60 Å². The second kappa shape index (κ2) is 10.5. The van der Waals surface area contributed by atoms with Gasteiger partial charge in [-0.3, -0.25) is 0 Å². The highest BCUT2D eigenvalue weighted by atomic mass is 16.6. The lowest BCUT2D eigenvalue weighted by atomic mass is 10.1. The van der Waals surface area contributed by atoms with Gasteiger partial charge < -0.3 is 14.0 Å². The number of carbonyl (C=O) groups is 1. The van der Waals surface area contributed by atoms with Crippen molar-refractivity contribution in [1.29, 1.82) is 0 Å². The average Bonchev–Trinajstić information content (AvgIpc) is 3.14. The summed E-state index contributed by atoms with van der Waals surface area (Å²) < 4.78 is 13.4. The van der Waals surface area contributed by atoms with Crippen molar-refractivity contribution in [2.75, 3.05) is 6.61 Å². The van der Waals surface area contributed by atoms with Crippen LogP contribution >= 0.6 is 0 Å². The van der Waals surface area contributed by atoms with Gasteiger partial charge in [0.25, 0.3) is 0 Å². The number of nitrogens with zero attached hydrogens (tertiary/aromatic N) is 2. The van der Waals surface area contributed by atoms with Crippen LogP contribution in [-0.4, -0.2) is 27.7 Å². The van der Waals surface area contributed by atoms with E-state index in [4.69, 9.17) is 14.5 Å². The first-order valence-electron chi connectivity index (χ1n) is 12.6. The van der Waals surface area contributed by atoms with Gasteiger partial charge in [-0.25, -0.2) is 9.78 Å². The Morgan fingerprint density at radius 3 is 2.34 bits per heavy atom. The molecule has 5 heteroatoms. The summed E-state index contributed by atoms with van der Waals surface area (Å²) in [7, 11) is 0. The molecule has 0 aliphatic carbocycles. The fourth-order valence-corrected chi connectivity index (χ4v) is 4.44. The predicted molar refractivity (Wildman–Crippen MR) is 142 cm³/mol. The molecular formula is C30H36N2O3. The summed E-state index contributed by atoms with van der Waals surface area (Å²) in [6.07, 6.45) is 2.88. The summed E-state index contributed by atoms with van der Waals surface area (Å²) in [5.74, 6) is 2.00. The number of aryl methyl sites for hydroxylation is 2. The highest BCUT2D eigenvalue weighted by molar-refractivity contribution is 5.95. The SMILES string of the molecule is CCOC(=O)C(C)(C)Oc1ccc(CCCc2nc3cc4ccccc4cc3n2CC(C)C)cc1. The van der Waals surface area contributed by atoms with Crippen LogP contribution in [0.25, 0.3) is 21.8 Å². The largest absolute Gasteiger partial charge is 0.476 e. The van der Waals surface area contributed by atoms with E-state index in [1.54, 1.807) is 20.8 Å². The molecule has 0 spiro atoms. The molecule has 0 aliphatic rings. The molecule has 0 N–H and O–H groups in total. The van der Waals surface area contributed by atoms with Gasteiger partial charge in [0, 0.05) is 13.0 Å². The van der Waals surface area contributed by atoms with E-state index in [0.29, 0.717) is 18.3 Å². The van der Waals surface area contributed by atoms with Crippen molar-refractivity contribution in [2.24, 2.45) is 5.92 Å². The maximum absolute atomic E-state index is 12.1. The van der Waals surface area contributed by atoms with Crippen LogP contribution in [0, 0.1) is 5.92 Å². The molecule has 1 aromatic heterocycles. The highest BCUT2D eigenvalue weighted by Gasteiger charge is 2.31. The van der Waals surface area contributed by atoms with Crippen LogP contribution in [-0.2, 0) is 28.9 Å². The number of ether oxygens (including phenoxy) is 2. The molecule has 184 valence electrons. The van der Waals surface area contributed by atoms with Crippen LogP contribution in [0.4, 0.5) is 0 Å². The minimum atomic E-state index is -1.02. The third kappa shape index (κ3) is 5.84. The third-order valence-corrected chi connectivity index (χ3v) is 6.17. The standard InChI is InChI=1S/C30H36N2O3/c1-6-34-29(33)30(4,5)35-25-16-14-22(15-17-25)10-9-13-28-31-26-18-23-11-7-8-12-24(23)19-27(26)32(28)20-21(2)3/h7-8,11-12,14-19,21H,6,9-10,13,20H2,1-5H3. The smallest absolute Gasteiger partial charge is 0.349 e. The zero-order valence-corrected chi connectivity index (χ0v) is 21.5. The van der Waals surface area contributed by atoms with Crippen LogP contribution in [0.1, 0.15) is 52.4 Å². The minimum Gasteiger partial charge on any atom is -0.476 e. The molecule has 0 saturated heterocycles. The Labute approximate surface area is 208 Å². The van der Waals surface area contributed by atoms with Crippen LogP contribution in [0.2, 0.25) is 0 Å². The van der Waals surface area contributed by atoms with E-state index in [-0.39, 0.29) is 5.97 Å². The van der Waals surface area contributed by atoms with Crippen LogP contribution in [0.3, 0.4) is 0 Å². The van der Waals surface area contributed by atoms with Crippen LogP contribution < -0.4 is 4.74 Å². The van der Waals surface area contributed by atoms with Gasteiger partial charge in [0.1, 0.15) is 11.6 Å². The molecule has 4 aromatic rings. The molecule has 0 fully saturated rings. The van der Waals surface area contributed by atoms with Gasteiger partial charge in [-0.1, -0.05) is 50.2 Å². The maximum Gasteiger partial charge on any atom is 0.349 e. The van der Waals surface area contributed by atoms with E-state index in [1.165, 1.54) is 21.9 Å². The molecular weight excluding hydrogens is 436 g/mol. The number of fused-ring (bicyclic) bond motifs is 2. The molecule has 35 heavy (non-hydrogen) atoms. The average molecular weight is 473 g/mol. The van der Waals surface area contributed by atoms with E-state index in [2.05, 4.69) is 66.9 Å². The first kappa shape index (κ1) is 24.8. The lowest BCUT2D eigenvalue weighted by Gasteiger charge is -2.24. The normalized spacial score (nSPS) is 11.9. The van der Waals surface area contributed by atoms with Crippen LogP contribution in [0.5, 0.6) is 5.75 Å². The van der Waals surface area contributed by atoms with Crippen molar-refractivity contribution in [3.63, 3.8) is 0 Å². The summed E-state index contributed by atoms with van der Waals surface area (Å²) in [6, 6.07) is 21.0. The van der Waals surface area contributed by atoms with Crippen LogP contribution in [0.15, 0.2) is 60.7 Å². The Bertz CT molecular complexity index is 1300. The first-order chi connectivity index (χ1) is 16.8. The lowest BCUT2D eigenvalue weighted by Crippen LogP contribution is -2.39. The summed E-state index contributed by atoms with van der Waals surface area (Å²) in [5, 5.41) is 2.49. The minimum absolute atomic E-state index is 0.339. The molecule has 0 radical (unpaired) electrons. The molecule has 0 amide bonds. The van der Waals surface area contributed by atoms with Crippen molar-refractivity contribution < 1.29 is 14.3 Å². The van der Waals surface area contributed by atoms with Crippen molar-refractivity contribution in [1.82, 2.24) is 9.55 Å². The fraction of sp³-hybridized carbons (Fsp3) is 0.400. The zero-order chi connectivity index (χ0) is 25.0. The van der Waals surface area contributed by atoms with E-state index >= 15 is 0 Å². The number of benzene rings is 3. The number of hydrogen-bond acceptors (Lipinski definition) is 4. The molecule has 1 heterocycles. The first-order valence-corrected chi connectivity index (χ1v) is 12.6. The van der Waals surface area contributed by atoms with Crippen molar-refractivity contribution in [3.05, 3.63) is 72.1 Å². The topological polar surface area (TPSA) is 53.4 Å². The highest BCUT2D eigenvalue weighted by Crippen LogP contribution is 2.26. The number of imidazole rings is 1. The molecule has 4 rings (SSSR count). The summed E-state index contributed by atoms with van der Waals surface area (Å²) in [5.41, 5.74) is 2.52. The van der Waals surface area contributed by atoms with Crippen molar-refractivity contribution in [3.8, 4) is 5.75 Å². The lowest BCUT2D eigenvalue weighted by molar-refractivity contribution is -0.158. The number of hydrogen-bond donors (Lipinski definition) is 0. The quantitative estimate of drug-likeness (QED) is 0.240. The second-order valence-electron chi connectivity index (χ2n) is 10.1. The molecule has 5 nitrogen and oxygen atoms in total. The molecule has 0 atom stereocenters. The van der Waals surface area contributed by atoms with Gasteiger partial charge in [-0.15, -0.1) is 0 Å². The van der Waals surface area contributed by atoms with E-state index in [9.17, 15) is 4.79 Å². The Balaban J connectivity index is 1.45. The molecule has 0 bridgehead atoms. The Kier molecular flexibility index (Phi) is 7.44. The number of esters is 1. The molecule has 0 aliphatic heterocycles. The third-order valence-electron chi connectivity index (χ3n) is 6.17. The fourth-order valence-electron chi connectivity index (χ4n) is 4.44. The Hall–Kier alpha value is -3.34. The zero-order valence-electron chi connectivity index (χ0n) is 21.5. The summed E-state index contributed by atoms with van der Waals surface area (Å²) in [4.78, 5) is 17.1. The maximum atomic E-state index is 12.1. The Morgan fingerprint density at radius 1 is 1.00 bits per heavy atom. The number of rotatable bonds is 10. The van der Waals surface area contributed by atoms with Gasteiger partial charge in [-0.05, 0) is 80.1 Å². The van der Waals surface area contributed by atoms with E-state index in [1.807, 2.05) is 12.1 Å². The number of aromatic nitrogens is 2. The predicted octanol–water partition coefficient (Wildman–Crippen LogP) is 6.74. The van der Waals surface area contributed by atoms with Gasteiger partial charge in [0.05, 0.1) is 17.6 Å². The van der Waals surface area contributed by atoms with Gasteiger partial charge in [-0.2, -0.15) is 0 Å².